The lowest BCUT2D eigenvalue weighted by molar-refractivity contribution is -0.136. The predicted molar refractivity (Wildman–Crippen MR) is 109 cm³/mol. The fourth-order valence-corrected chi connectivity index (χ4v) is 4.48. The van der Waals surface area contributed by atoms with Crippen LogP contribution in [0.5, 0.6) is 0 Å². The Balaban J connectivity index is 1.42. The second kappa shape index (κ2) is 8.83. The van der Waals surface area contributed by atoms with E-state index in [0.29, 0.717) is 12.2 Å². The predicted octanol–water partition coefficient (Wildman–Crippen LogP) is 0.904. The largest absolute Gasteiger partial charge is 0.379 e. The molecule has 1 atom stereocenters. The molecule has 1 aliphatic carbocycles. The molecule has 0 bridgehead atoms. The zero-order chi connectivity index (χ0) is 20.4. The highest BCUT2D eigenvalue weighted by molar-refractivity contribution is 5.93. The summed E-state index contributed by atoms with van der Waals surface area (Å²) in [6.45, 7) is 8.29. The molecule has 8 nitrogen and oxygen atoms in total. The zero-order valence-electron chi connectivity index (χ0n) is 17.7. The van der Waals surface area contributed by atoms with E-state index in [9.17, 15) is 9.59 Å². The Morgan fingerprint density at radius 3 is 2.62 bits per heavy atom. The number of amides is 2. The second-order valence-corrected chi connectivity index (χ2v) is 8.60. The van der Waals surface area contributed by atoms with Gasteiger partial charge in [0.1, 0.15) is 5.69 Å². The van der Waals surface area contributed by atoms with E-state index in [4.69, 9.17) is 4.74 Å². The van der Waals surface area contributed by atoms with Crippen molar-refractivity contribution in [2.45, 2.75) is 38.6 Å². The van der Waals surface area contributed by atoms with Gasteiger partial charge in [-0.15, -0.1) is 0 Å². The lowest BCUT2D eigenvalue weighted by Crippen LogP contribution is -2.54. The minimum atomic E-state index is 0.0183. The molecule has 1 aromatic rings. The van der Waals surface area contributed by atoms with Gasteiger partial charge in [-0.3, -0.25) is 19.2 Å². The van der Waals surface area contributed by atoms with E-state index in [-0.39, 0.29) is 23.8 Å². The summed E-state index contributed by atoms with van der Waals surface area (Å²) in [4.78, 5) is 32.5. The van der Waals surface area contributed by atoms with Crippen LogP contribution in [0.4, 0.5) is 0 Å². The number of aryl methyl sites for hydroxylation is 2. The molecule has 0 aromatic carbocycles. The van der Waals surface area contributed by atoms with Crippen LogP contribution in [0.15, 0.2) is 6.07 Å². The number of likely N-dealkylation sites (tertiary alicyclic amines) is 1. The van der Waals surface area contributed by atoms with Crippen LogP contribution in [0.25, 0.3) is 0 Å². The van der Waals surface area contributed by atoms with Crippen molar-refractivity contribution in [3.05, 3.63) is 17.5 Å². The highest BCUT2D eigenvalue weighted by Gasteiger charge is 2.38. The summed E-state index contributed by atoms with van der Waals surface area (Å²) in [5.41, 5.74) is 1.47. The number of carbonyl (C=O) groups excluding carboxylic acids is 2. The summed E-state index contributed by atoms with van der Waals surface area (Å²) in [6.07, 6.45) is 3.92. The molecule has 2 amide bonds. The smallest absolute Gasteiger partial charge is 0.272 e. The first-order valence-corrected chi connectivity index (χ1v) is 10.9. The Morgan fingerprint density at radius 2 is 1.97 bits per heavy atom. The van der Waals surface area contributed by atoms with Crippen LogP contribution in [-0.4, -0.2) is 94.8 Å². The van der Waals surface area contributed by atoms with E-state index in [0.717, 1.165) is 77.3 Å². The first kappa shape index (κ1) is 20.3. The number of ether oxygens (including phenoxy) is 1. The van der Waals surface area contributed by atoms with Crippen LogP contribution >= 0.6 is 0 Å². The number of piperidine rings is 1. The molecule has 0 N–H and O–H groups in total. The van der Waals surface area contributed by atoms with Gasteiger partial charge in [-0.25, -0.2) is 0 Å². The van der Waals surface area contributed by atoms with Crippen molar-refractivity contribution in [2.24, 2.45) is 13.0 Å². The third-order valence-electron chi connectivity index (χ3n) is 6.32. The lowest BCUT2D eigenvalue weighted by atomic mass is 10.0. The molecule has 1 unspecified atom stereocenters. The number of morpholine rings is 1. The lowest BCUT2D eigenvalue weighted by Gasteiger charge is -2.40. The number of hydrogen-bond donors (Lipinski definition) is 0. The van der Waals surface area contributed by atoms with Crippen LogP contribution in [0.1, 0.15) is 41.9 Å². The molecular weight excluding hydrogens is 370 g/mol. The van der Waals surface area contributed by atoms with Crippen LogP contribution in [-0.2, 0) is 16.6 Å². The summed E-state index contributed by atoms with van der Waals surface area (Å²) in [5.74, 6) is 0.504. The van der Waals surface area contributed by atoms with Crippen LogP contribution in [0, 0.1) is 12.8 Å². The zero-order valence-corrected chi connectivity index (χ0v) is 17.7. The maximum atomic E-state index is 13.1. The van der Waals surface area contributed by atoms with Gasteiger partial charge < -0.3 is 14.5 Å². The summed E-state index contributed by atoms with van der Waals surface area (Å²) < 4.78 is 7.10. The quantitative estimate of drug-likeness (QED) is 0.706. The molecule has 4 rings (SSSR count). The first-order chi connectivity index (χ1) is 14.0. The Kier molecular flexibility index (Phi) is 6.20. The molecular formula is C21H33N5O3. The molecule has 0 radical (unpaired) electrons. The summed E-state index contributed by atoms with van der Waals surface area (Å²) in [5, 5.41) is 4.31. The highest BCUT2D eigenvalue weighted by atomic mass is 16.5. The fourth-order valence-electron chi connectivity index (χ4n) is 4.48. The van der Waals surface area contributed by atoms with Crippen molar-refractivity contribution in [1.29, 1.82) is 0 Å². The van der Waals surface area contributed by atoms with Gasteiger partial charge in [-0.05, 0) is 38.7 Å². The van der Waals surface area contributed by atoms with Gasteiger partial charge >= 0.3 is 0 Å². The van der Waals surface area contributed by atoms with Gasteiger partial charge in [0.05, 0.1) is 18.9 Å². The molecule has 3 fully saturated rings. The minimum Gasteiger partial charge on any atom is -0.379 e. The molecule has 2 saturated heterocycles. The van der Waals surface area contributed by atoms with E-state index in [1.54, 1.807) is 4.68 Å². The fraction of sp³-hybridized carbons (Fsp3) is 0.762. The van der Waals surface area contributed by atoms with E-state index in [1.807, 2.05) is 24.9 Å². The molecule has 3 heterocycles. The van der Waals surface area contributed by atoms with Crippen molar-refractivity contribution in [3.8, 4) is 0 Å². The van der Waals surface area contributed by atoms with Crippen LogP contribution < -0.4 is 0 Å². The van der Waals surface area contributed by atoms with Crippen molar-refractivity contribution in [1.82, 2.24) is 24.5 Å². The van der Waals surface area contributed by atoms with Gasteiger partial charge in [-0.2, -0.15) is 5.10 Å². The third kappa shape index (κ3) is 4.80. The van der Waals surface area contributed by atoms with Gasteiger partial charge in [0.2, 0.25) is 5.91 Å². The van der Waals surface area contributed by atoms with Crippen molar-refractivity contribution in [2.75, 3.05) is 52.5 Å². The standard InChI is InChI=1S/C21H33N5O3/c1-16-14-19(23(2)22-16)21(28)25-7-3-4-18(15-25)26(20(27)17-5-6-17)9-8-24-10-12-29-13-11-24/h14,17-18H,3-13,15H2,1-2H3. The maximum absolute atomic E-state index is 13.1. The van der Waals surface area contributed by atoms with Gasteiger partial charge in [0.25, 0.3) is 5.91 Å². The molecule has 29 heavy (non-hydrogen) atoms. The minimum absolute atomic E-state index is 0.0183. The Labute approximate surface area is 172 Å². The molecule has 0 spiro atoms. The first-order valence-electron chi connectivity index (χ1n) is 10.9. The Morgan fingerprint density at radius 1 is 1.21 bits per heavy atom. The monoisotopic (exact) mass is 403 g/mol. The molecule has 3 aliphatic rings. The molecule has 1 aromatic heterocycles. The topological polar surface area (TPSA) is 70.9 Å². The second-order valence-electron chi connectivity index (χ2n) is 8.60. The van der Waals surface area contributed by atoms with Gasteiger partial charge in [0.15, 0.2) is 0 Å². The number of hydrogen-bond acceptors (Lipinski definition) is 5. The summed E-state index contributed by atoms with van der Waals surface area (Å²) in [6, 6.07) is 1.95. The number of aromatic nitrogens is 2. The van der Waals surface area contributed by atoms with Crippen LogP contribution in [0.3, 0.4) is 0 Å². The van der Waals surface area contributed by atoms with Crippen molar-refractivity contribution < 1.29 is 14.3 Å². The van der Waals surface area contributed by atoms with E-state index >= 15 is 0 Å². The third-order valence-corrected chi connectivity index (χ3v) is 6.32. The number of carbonyl (C=O) groups is 2. The molecule has 8 heteroatoms. The van der Waals surface area contributed by atoms with Gasteiger partial charge in [-0.1, -0.05) is 0 Å². The van der Waals surface area contributed by atoms with Crippen molar-refractivity contribution >= 4 is 11.8 Å². The summed E-state index contributed by atoms with van der Waals surface area (Å²) in [7, 11) is 1.81. The highest BCUT2D eigenvalue weighted by Crippen LogP contribution is 2.32. The maximum Gasteiger partial charge on any atom is 0.272 e. The van der Waals surface area contributed by atoms with E-state index in [1.165, 1.54) is 0 Å². The van der Waals surface area contributed by atoms with E-state index in [2.05, 4.69) is 14.9 Å². The van der Waals surface area contributed by atoms with Crippen LogP contribution in [0.2, 0.25) is 0 Å². The molecule has 160 valence electrons. The SMILES string of the molecule is Cc1cc(C(=O)N2CCCC(N(CCN3CCOCC3)C(=O)C3CC3)C2)n(C)n1. The average Bonchev–Trinajstić information content (AvgIpc) is 3.52. The van der Waals surface area contributed by atoms with Crippen molar-refractivity contribution in [3.63, 3.8) is 0 Å². The normalized spacial score (nSPS) is 23.2. The molecule has 2 aliphatic heterocycles. The Bertz CT molecular complexity index is 739. The number of rotatable bonds is 6. The summed E-state index contributed by atoms with van der Waals surface area (Å²) >= 11 is 0. The van der Waals surface area contributed by atoms with E-state index < -0.39 is 0 Å². The average molecular weight is 404 g/mol. The molecule has 1 saturated carbocycles. The van der Waals surface area contributed by atoms with Gasteiger partial charge in [0, 0.05) is 58.3 Å². The Hall–Kier alpha value is -1.93. The number of nitrogens with zero attached hydrogens (tertiary/aromatic N) is 5.